The highest BCUT2D eigenvalue weighted by Gasteiger charge is 2.25. The molecule has 0 radical (unpaired) electrons. The molecular weight excluding hydrogens is 599 g/mol. The van der Waals surface area contributed by atoms with Crippen LogP contribution in [0.15, 0.2) is 192 Å². The van der Waals surface area contributed by atoms with E-state index in [1.54, 1.807) is 0 Å². The van der Waals surface area contributed by atoms with Crippen molar-refractivity contribution in [3.8, 4) is 0 Å². The van der Waals surface area contributed by atoms with Gasteiger partial charge < -0.3 is 4.90 Å². The minimum absolute atomic E-state index is 0.528. The van der Waals surface area contributed by atoms with Gasteiger partial charge in [-0.1, -0.05) is 126 Å². The van der Waals surface area contributed by atoms with Crippen LogP contribution in [0.5, 0.6) is 0 Å². The molecule has 6 aromatic rings. The van der Waals surface area contributed by atoms with E-state index in [4.69, 9.17) is 10.2 Å². The Hall–Kier alpha value is -6.33. The predicted octanol–water partition coefficient (Wildman–Crippen LogP) is 11.6. The number of amidine groups is 1. The summed E-state index contributed by atoms with van der Waals surface area (Å²) < 4.78 is 2.00. The topological polar surface area (TPSA) is 34.2 Å². The molecular formula is C44H38N5+. The highest BCUT2D eigenvalue weighted by atomic mass is 15.6. The van der Waals surface area contributed by atoms with Gasteiger partial charge in [0.15, 0.2) is 0 Å². The monoisotopic (exact) mass is 636 g/mol. The summed E-state index contributed by atoms with van der Waals surface area (Å²) in [5, 5.41) is 11.9. The summed E-state index contributed by atoms with van der Waals surface area (Å²) in [7, 11) is 0. The minimum Gasteiger partial charge on any atom is -0.311 e. The number of hydrogen-bond acceptors (Lipinski definition) is 4. The quantitative estimate of drug-likeness (QED) is 0.117. The zero-order valence-corrected chi connectivity index (χ0v) is 27.8. The third-order valence-corrected chi connectivity index (χ3v) is 8.58. The summed E-state index contributed by atoms with van der Waals surface area (Å²) >= 11 is 0. The summed E-state index contributed by atoms with van der Waals surface area (Å²) in [6.07, 6.45) is 4.42. The first-order chi connectivity index (χ1) is 24.2. The zero-order valence-electron chi connectivity index (χ0n) is 27.8. The Kier molecular flexibility index (Phi) is 9.33. The first kappa shape index (κ1) is 31.3. The molecule has 238 valence electrons. The molecule has 49 heavy (non-hydrogen) atoms. The van der Waals surface area contributed by atoms with E-state index < -0.39 is 0 Å². The van der Waals surface area contributed by atoms with Gasteiger partial charge in [0, 0.05) is 39.9 Å². The van der Waals surface area contributed by atoms with Crippen LogP contribution in [0, 0.1) is 0 Å². The lowest BCUT2D eigenvalue weighted by Crippen LogP contribution is -2.31. The summed E-state index contributed by atoms with van der Waals surface area (Å²) in [6, 6.07) is 58.8. The summed E-state index contributed by atoms with van der Waals surface area (Å²) in [6.45, 7) is 4.79. The predicted molar refractivity (Wildman–Crippen MR) is 204 cm³/mol. The number of azo groups is 2. The fourth-order valence-corrected chi connectivity index (χ4v) is 5.97. The Morgan fingerprint density at radius 1 is 0.612 bits per heavy atom. The smallest absolute Gasteiger partial charge is 0.269 e. The van der Waals surface area contributed by atoms with Crippen molar-refractivity contribution in [3.63, 3.8) is 0 Å². The molecule has 0 amide bonds. The van der Waals surface area contributed by atoms with E-state index >= 15 is 0 Å². The van der Waals surface area contributed by atoms with Gasteiger partial charge in [-0.2, -0.15) is 0 Å². The van der Waals surface area contributed by atoms with E-state index in [1.807, 2.05) is 46.1 Å². The fraction of sp³-hybridized carbons (Fsp3) is 0.0682. The Labute approximate surface area is 288 Å². The standard InChI is InChI=1S/C44H38N5/c1-3-35(32-34(2)36-28-30-43(31-29-36)49(41-20-12-6-13-21-41)42-22-14-7-15-23-42)37-24-26-38(27-25-37)44-45-47(39-16-8-4-9-17-39)33-48(46-44)40-18-10-5-11-19-40/h3-32H,33H2,1-2H3/q+1/b34-32-,35-3-. The molecule has 0 atom stereocenters. The van der Waals surface area contributed by atoms with Crippen LogP contribution in [-0.4, -0.2) is 17.2 Å². The SMILES string of the molecule is C/C=C(/C=C(/C)c1ccc(N(c2ccccc2)c2ccccc2)cc1)c1ccc(C2=NN(c3ccccc3)C[N+](c3ccccc3)=N2)cc1. The largest absolute Gasteiger partial charge is 0.311 e. The van der Waals surface area contributed by atoms with E-state index in [9.17, 15) is 0 Å². The van der Waals surface area contributed by atoms with Gasteiger partial charge in [0.05, 0.1) is 5.69 Å². The molecule has 5 heteroatoms. The third-order valence-electron chi connectivity index (χ3n) is 8.58. The maximum Gasteiger partial charge on any atom is 0.269 e. The second-order valence-corrected chi connectivity index (χ2v) is 11.8. The molecule has 1 aliphatic rings. The van der Waals surface area contributed by atoms with Gasteiger partial charge >= 0.3 is 0 Å². The van der Waals surface area contributed by atoms with Gasteiger partial charge in [0.1, 0.15) is 0 Å². The first-order valence-corrected chi connectivity index (χ1v) is 16.6. The molecule has 0 aromatic heterocycles. The summed E-state index contributed by atoms with van der Waals surface area (Å²) in [4.78, 5) is 2.28. The van der Waals surface area contributed by atoms with Gasteiger partial charge in [-0.15, -0.1) is 5.10 Å². The lowest BCUT2D eigenvalue weighted by atomic mass is 9.98. The van der Waals surface area contributed by atoms with Crippen LogP contribution in [-0.2, 0) is 0 Å². The van der Waals surface area contributed by atoms with Crippen molar-refractivity contribution in [3.05, 3.63) is 199 Å². The average molecular weight is 637 g/mol. The van der Waals surface area contributed by atoms with Crippen molar-refractivity contribution in [2.75, 3.05) is 16.6 Å². The number of nitrogens with zero attached hydrogens (tertiary/aromatic N) is 5. The van der Waals surface area contributed by atoms with Crippen molar-refractivity contribution < 1.29 is 4.70 Å². The van der Waals surface area contributed by atoms with E-state index in [0.717, 1.165) is 45.1 Å². The van der Waals surface area contributed by atoms with Crippen molar-refractivity contribution >= 4 is 45.4 Å². The lowest BCUT2D eigenvalue weighted by Gasteiger charge is -2.25. The van der Waals surface area contributed by atoms with Crippen LogP contribution >= 0.6 is 0 Å². The Morgan fingerprint density at radius 2 is 1.12 bits per heavy atom. The average Bonchev–Trinajstić information content (AvgIpc) is 3.19. The third kappa shape index (κ3) is 7.16. The molecule has 0 aliphatic carbocycles. The van der Waals surface area contributed by atoms with Crippen LogP contribution in [0.3, 0.4) is 0 Å². The van der Waals surface area contributed by atoms with Crippen LogP contribution in [0.25, 0.3) is 11.1 Å². The van der Waals surface area contributed by atoms with Gasteiger partial charge in [0.2, 0.25) is 11.5 Å². The van der Waals surface area contributed by atoms with Crippen molar-refractivity contribution in [2.45, 2.75) is 13.8 Å². The molecule has 0 bridgehead atoms. The number of hydrazone groups is 1. The molecule has 0 saturated heterocycles. The van der Waals surface area contributed by atoms with Crippen LogP contribution in [0.2, 0.25) is 0 Å². The van der Waals surface area contributed by atoms with Gasteiger partial charge in [0.25, 0.3) is 6.67 Å². The summed E-state index contributed by atoms with van der Waals surface area (Å²) in [5.74, 6) is 0.666. The molecule has 0 unspecified atom stereocenters. The van der Waals surface area contributed by atoms with Crippen LogP contribution in [0.1, 0.15) is 30.5 Å². The van der Waals surface area contributed by atoms with E-state index in [2.05, 4.69) is 164 Å². The van der Waals surface area contributed by atoms with Crippen molar-refractivity contribution in [2.24, 2.45) is 10.2 Å². The van der Waals surface area contributed by atoms with E-state index in [1.165, 1.54) is 11.1 Å². The van der Waals surface area contributed by atoms with Gasteiger partial charge in [-0.05, 0) is 84.7 Å². The van der Waals surface area contributed by atoms with Gasteiger partial charge in [-0.25, -0.2) is 5.01 Å². The zero-order chi connectivity index (χ0) is 33.4. The maximum atomic E-state index is 4.95. The second kappa shape index (κ2) is 14.6. The van der Waals surface area contributed by atoms with E-state index in [-0.39, 0.29) is 0 Å². The van der Waals surface area contributed by atoms with E-state index in [0.29, 0.717) is 12.5 Å². The second-order valence-electron chi connectivity index (χ2n) is 11.8. The molecule has 0 spiro atoms. The minimum atomic E-state index is 0.528. The molecule has 0 N–H and O–H groups in total. The molecule has 0 fully saturated rings. The Morgan fingerprint density at radius 3 is 1.69 bits per heavy atom. The fourth-order valence-electron chi connectivity index (χ4n) is 5.97. The number of allylic oxidation sites excluding steroid dienone is 4. The first-order valence-electron chi connectivity index (χ1n) is 16.6. The molecule has 0 saturated carbocycles. The number of anilines is 4. The number of benzene rings is 6. The Balaban J connectivity index is 1.13. The van der Waals surface area contributed by atoms with Crippen molar-refractivity contribution in [1.29, 1.82) is 0 Å². The van der Waals surface area contributed by atoms with Gasteiger partial charge in [-0.3, -0.25) is 0 Å². The number of rotatable bonds is 9. The van der Waals surface area contributed by atoms with Crippen LogP contribution < -0.4 is 9.91 Å². The molecule has 6 aromatic carbocycles. The summed E-state index contributed by atoms with van der Waals surface area (Å²) in [5.41, 5.74) is 11.0. The maximum absolute atomic E-state index is 4.95. The molecule has 1 aliphatic heterocycles. The van der Waals surface area contributed by atoms with Crippen LogP contribution in [0.4, 0.5) is 28.4 Å². The normalized spacial score (nSPS) is 13.5. The number of para-hydroxylation sites is 4. The highest BCUT2D eigenvalue weighted by molar-refractivity contribution is 6.00. The molecule has 5 nitrogen and oxygen atoms in total. The molecule has 1 heterocycles. The highest BCUT2D eigenvalue weighted by Crippen LogP contribution is 2.35. The Bertz CT molecular complexity index is 2080. The molecule has 7 rings (SSSR count). The number of hydrogen-bond donors (Lipinski definition) is 0. The van der Waals surface area contributed by atoms with Crippen molar-refractivity contribution in [1.82, 2.24) is 0 Å². The lowest BCUT2D eigenvalue weighted by molar-refractivity contribution is -0.508.